The van der Waals surface area contributed by atoms with E-state index in [-0.39, 0.29) is 11.1 Å². The van der Waals surface area contributed by atoms with Crippen molar-refractivity contribution >= 4 is 0 Å². The number of rotatable bonds is 9. The van der Waals surface area contributed by atoms with E-state index in [0.717, 1.165) is 31.2 Å². The van der Waals surface area contributed by atoms with Crippen LogP contribution in [0.5, 0.6) is 0 Å². The third-order valence-corrected chi connectivity index (χ3v) is 6.02. The summed E-state index contributed by atoms with van der Waals surface area (Å²) in [5.41, 5.74) is -4.25. The van der Waals surface area contributed by atoms with Crippen LogP contribution in [0.3, 0.4) is 0 Å². The average molecular weight is 569 g/mol. The molecule has 0 radical (unpaired) electrons. The van der Waals surface area contributed by atoms with Crippen LogP contribution in [0.2, 0.25) is 0 Å². The minimum absolute atomic E-state index is 0.0702. The summed E-state index contributed by atoms with van der Waals surface area (Å²) in [6, 6.07) is 11.3. The summed E-state index contributed by atoms with van der Waals surface area (Å²) < 4.78 is 177. The van der Waals surface area contributed by atoms with Crippen molar-refractivity contribution in [2.24, 2.45) is 0 Å². The van der Waals surface area contributed by atoms with Gasteiger partial charge in [0.2, 0.25) is 0 Å². The van der Waals surface area contributed by atoms with E-state index in [9.17, 15) is 62.2 Å². The summed E-state index contributed by atoms with van der Waals surface area (Å²) in [6.07, 6.45) is -10.4. The molecule has 2 atom stereocenters. The highest BCUT2D eigenvalue weighted by molar-refractivity contribution is 5.37. The molecule has 210 valence electrons. The van der Waals surface area contributed by atoms with E-state index < -0.39 is 59.3 Å². The van der Waals surface area contributed by atoms with E-state index in [2.05, 4.69) is 0 Å². The number of alkyl halides is 13. The number of hydrogen-bond acceptors (Lipinski definition) is 2. The van der Waals surface area contributed by atoms with E-state index in [1.807, 2.05) is 0 Å². The van der Waals surface area contributed by atoms with Crippen LogP contribution in [0.15, 0.2) is 54.6 Å². The molecular weight excluding hydrogens is 553 g/mol. The Morgan fingerprint density at radius 2 is 1.13 bits per heavy atom. The summed E-state index contributed by atoms with van der Waals surface area (Å²) >= 11 is 0. The molecule has 2 unspecified atom stereocenters. The molecule has 0 bridgehead atoms. The Balaban J connectivity index is 2.69. The van der Waals surface area contributed by atoms with Crippen LogP contribution < -0.4 is 0 Å². The molecular formula is C23H16F13NO. The molecule has 15 heteroatoms. The highest BCUT2D eigenvalue weighted by atomic mass is 19.4. The molecule has 2 rings (SSSR count). The zero-order valence-corrected chi connectivity index (χ0v) is 18.8. The molecule has 0 fully saturated rings. The van der Waals surface area contributed by atoms with Crippen LogP contribution in [0.4, 0.5) is 57.1 Å². The molecule has 0 aliphatic carbocycles. The lowest BCUT2D eigenvalue weighted by atomic mass is 9.73. The van der Waals surface area contributed by atoms with Gasteiger partial charge >= 0.3 is 35.8 Å². The van der Waals surface area contributed by atoms with Crippen LogP contribution in [0.1, 0.15) is 36.0 Å². The van der Waals surface area contributed by atoms with Crippen molar-refractivity contribution in [3.63, 3.8) is 0 Å². The van der Waals surface area contributed by atoms with Crippen molar-refractivity contribution in [2.75, 3.05) is 0 Å². The zero-order chi connectivity index (χ0) is 29.6. The summed E-state index contributed by atoms with van der Waals surface area (Å²) in [5, 5.41) is 20.0. The summed E-state index contributed by atoms with van der Waals surface area (Å²) in [5.74, 6) is -39.6. The smallest absolute Gasteiger partial charge is 0.384 e. The van der Waals surface area contributed by atoms with Crippen molar-refractivity contribution in [1.29, 1.82) is 5.26 Å². The van der Waals surface area contributed by atoms with E-state index in [1.165, 1.54) is 30.3 Å². The van der Waals surface area contributed by atoms with Crippen LogP contribution >= 0.6 is 0 Å². The third-order valence-electron chi connectivity index (χ3n) is 6.02. The summed E-state index contributed by atoms with van der Waals surface area (Å²) in [6.45, 7) is 0.951. The quantitative estimate of drug-likeness (QED) is 0.315. The first kappa shape index (κ1) is 31.2. The number of halogens is 13. The number of nitriles is 1. The van der Waals surface area contributed by atoms with Gasteiger partial charge in [-0.2, -0.15) is 62.3 Å². The van der Waals surface area contributed by atoms with Crippen LogP contribution in [-0.4, -0.2) is 40.9 Å². The molecule has 1 N–H and O–H groups in total. The van der Waals surface area contributed by atoms with Gasteiger partial charge in [0, 0.05) is 5.92 Å². The lowest BCUT2D eigenvalue weighted by molar-refractivity contribution is -0.441. The Bertz CT molecular complexity index is 1150. The molecule has 2 nitrogen and oxygen atoms in total. The van der Waals surface area contributed by atoms with Crippen molar-refractivity contribution in [2.45, 2.75) is 60.7 Å². The maximum absolute atomic E-state index is 14.8. The van der Waals surface area contributed by atoms with Gasteiger partial charge in [-0.1, -0.05) is 49.4 Å². The first-order valence-corrected chi connectivity index (χ1v) is 10.2. The predicted molar refractivity (Wildman–Crippen MR) is 105 cm³/mol. The second kappa shape index (κ2) is 9.62. The Labute approximate surface area is 206 Å². The first-order valence-electron chi connectivity index (χ1n) is 10.2. The highest BCUT2D eigenvalue weighted by Gasteiger charge is 2.90. The Kier molecular flexibility index (Phi) is 7.90. The lowest BCUT2D eigenvalue weighted by Gasteiger charge is -2.43. The minimum Gasteiger partial charge on any atom is -0.384 e. The molecule has 0 spiro atoms. The van der Waals surface area contributed by atoms with E-state index in [0.29, 0.717) is 0 Å². The van der Waals surface area contributed by atoms with Gasteiger partial charge in [-0.3, -0.25) is 0 Å². The maximum Gasteiger partial charge on any atom is 0.460 e. The number of nitrogens with zero attached hydrogens (tertiary/aromatic N) is 1. The van der Waals surface area contributed by atoms with Gasteiger partial charge in [0.1, 0.15) is 5.60 Å². The van der Waals surface area contributed by atoms with Crippen molar-refractivity contribution in [3.05, 3.63) is 71.3 Å². The molecule has 0 saturated carbocycles. The van der Waals surface area contributed by atoms with Gasteiger partial charge in [0.25, 0.3) is 0 Å². The SMILES string of the molecule is CC(c1ccccc1)C(O)(CC(F)(F)C(F)(F)C(F)(F)C(F)(F)C(F)(F)C(F)(F)F)c1ccc(C#N)cc1. The maximum atomic E-state index is 14.8. The van der Waals surface area contributed by atoms with Crippen molar-refractivity contribution < 1.29 is 62.2 Å². The molecule has 2 aromatic rings. The van der Waals surface area contributed by atoms with Gasteiger partial charge < -0.3 is 5.11 Å². The second-order valence-electron chi connectivity index (χ2n) is 8.42. The van der Waals surface area contributed by atoms with E-state index in [4.69, 9.17) is 5.26 Å². The molecule has 0 aromatic heterocycles. The largest absolute Gasteiger partial charge is 0.460 e. The Morgan fingerprint density at radius 1 is 0.684 bits per heavy atom. The molecule has 38 heavy (non-hydrogen) atoms. The van der Waals surface area contributed by atoms with Gasteiger partial charge in [0.05, 0.1) is 18.1 Å². The topological polar surface area (TPSA) is 44.0 Å². The fraction of sp³-hybridized carbons (Fsp3) is 0.435. The fourth-order valence-electron chi connectivity index (χ4n) is 3.61. The highest BCUT2D eigenvalue weighted by Crippen LogP contribution is 2.62. The molecule has 0 aliphatic rings. The van der Waals surface area contributed by atoms with Crippen LogP contribution in [-0.2, 0) is 5.60 Å². The zero-order valence-electron chi connectivity index (χ0n) is 18.8. The van der Waals surface area contributed by atoms with Crippen molar-refractivity contribution in [3.8, 4) is 6.07 Å². The van der Waals surface area contributed by atoms with Crippen LogP contribution in [0.25, 0.3) is 0 Å². The van der Waals surface area contributed by atoms with Gasteiger partial charge in [-0.25, -0.2) is 0 Å². The van der Waals surface area contributed by atoms with Gasteiger partial charge in [0.15, 0.2) is 0 Å². The predicted octanol–water partition coefficient (Wildman–Crippen LogP) is 7.68. The monoisotopic (exact) mass is 569 g/mol. The summed E-state index contributed by atoms with van der Waals surface area (Å²) in [7, 11) is 0. The standard InChI is InChI=1S/C23H16F13NO/c1-13(15-5-3-2-4-6-15)17(38,16-9-7-14(11-37)8-10-16)12-18(24,25)19(26,27)20(28,29)21(30,31)22(32,33)23(34,35)36/h2-10,13,38H,12H2,1H3. The second-order valence-corrected chi connectivity index (χ2v) is 8.42. The molecule has 0 saturated heterocycles. The normalized spacial score (nSPS) is 16.5. The third kappa shape index (κ3) is 4.78. The molecule has 0 heterocycles. The van der Waals surface area contributed by atoms with E-state index >= 15 is 0 Å². The fourth-order valence-corrected chi connectivity index (χ4v) is 3.61. The lowest BCUT2D eigenvalue weighted by Crippen LogP contribution is -2.70. The summed E-state index contributed by atoms with van der Waals surface area (Å²) in [4.78, 5) is 0. The van der Waals surface area contributed by atoms with Crippen molar-refractivity contribution in [1.82, 2.24) is 0 Å². The number of hydrogen-bond donors (Lipinski definition) is 1. The molecule has 2 aromatic carbocycles. The average Bonchev–Trinajstić information content (AvgIpc) is 2.82. The van der Waals surface area contributed by atoms with Gasteiger partial charge in [-0.05, 0) is 23.3 Å². The minimum atomic E-state index is -8.04. The first-order chi connectivity index (χ1) is 17.0. The van der Waals surface area contributed by atoms with Crippen LogP contribution in [0, 0.1) is 11.3 Å². The molecule has 0 amide bonds. The van der Waals surface area contributed by atoms with E-state index in [1.54, 1.807) is 6.07 Å². The number of benzene rings is 2. The number of aliphatic hydroxyl groups is 1. The molecule has 0 aliphatic heterocycles. The van der Waals surface area contributed by atoms with Gasteiger partial charge in [-0.15, -0.1) is 0 Å². The Morgan fingerprint density at radius 3 is 1.55 bits per heavy atom. The Hall–Kier alpha value is -3.02.